The fourth-order valence-corrected chi connectivity index (χ4v) is 2.70. The van der Waals surface area contributed by atoms with Gasteiger partial charge in [-0.05, 0) is 49.3 Å². The lowest BCUT2D eigenvalue weighted by molar-refractivity contribution is 0.274. The molecule has 1 aliphatic rings. The average Bonchev–Trinajstić information content (AvgIpc) is 2.37. The Morgan fingerprint density at radius 2 is 2.12 bits per heavy atom. The third-order valence-electron chi connectivity index (χ3n) is 3.57. The maximum absolute atomic E-state index is 9.04. The van der Waals surface area contributed by atoms with Gasteiger partial charge in [0.05, 0.1) is 7.11 Å². The molecule has 0 aliphatic heterocycles. The number of nitrogens with two attached hydrogens (primary N) is 1. The number of ether oxygens (including phenoxy) is 1. The number of fused-ring (bicyclic) bond motifs is 1. The number of rotatable bonds is 4. The minimum Gasteiger partial charge on any atom is -0.496 e. The van der Waals surface area contributed by atoms with Crippen LogP contribution in [0.4, 0.5) is 0 Å². The van der Waals surface area contributed by atoms with Gasteiger partial charge in [-0.25, -0.2) is 0 Å². The molecular formula is C14H21NO2. The van der Waals surface area contributed by atoms with E-state index in [1.54, 1.807) is 7.11 Å². The summed E-state index contributed by atoms with van der Waals surface area (Å²) in [5.74, 6) is 0.867. The molecule has 3 nitrogen and oxygen atoms in total. The minimum absolute atomic E-state index is 0.119. The second-order valence-electron chi connectivity index (χ2n) is 4.65. The Labute approximate surface area is 103 Å². The zero-order valence-corrected chi connectivity index (χ0v) is 10.4. The molecule has 1 aromatic rings. The predicted molar refractivity (Wildman–Crippen MR) is 68.3 cm³/mol. The first-order chi connectivity index (χ1) is 8.27. The van der Waals surface area contributed by atoms with E-state index in [-0.39, 0.29) is 12.6 Å². The SMILES string of the molecule is COc1ccc2c(c1C(N)CCO)CCCC2. The highest BCUT2D eigenvalue weighted by Gasteiger charge is 2.21. The summed E-state index contributed by atoms with van der Waals surface area (Å²) in [7, 11) is 1.68. The van der Waals surface area contributed by atoms with Gasteiger partial charge in [-0.1, -0.05) is 6.07 Å². The summed E-state index contributed by atoms with van der Waals surface area (Å²) in [6.45, 7) is 0.119. The third kappa shape index (κ3) is 2.45. The molecule has 1 unspecified atom stereocenters. The van der Waals surface area contributed by atoms with Gasteiger partial charge in [0, 0.05) is 18.2 Å². The Hall–Kier alpha value is -1.06. The van der Waals surface area contributed by atoms with Crippen molar-refractivity contribution in [1.82, 2.24) is 0 Å². The van der Waals surface area contributed by atoms with Gasteiger partial charge in [0.25, 0.3) is 0 Å². The molecule has 0 fully saturated rings. The molecule has 0 spiro atoms. The number of hydrogen-bond acceptors (Lipinski definition) is 3. The minimum atomic E-state index is -0.122. The van der Waals surface area contributed by atoms with Crippen LogP contribution in [0.3, 0.4) is 0 Å². The Morgan fingerprint density at radius 1 is 1.35 bits per heavy atom. The third-order valence-corrected chi connectivity index (χ3v) is 3.57. The van der Waals surface area contributed by atoms with E-state index in [1.807, 2.05) is 6.07 Å². The zero-order valence-electron chi connectivity index (χ0n) is 10.4. The molecule has 17 heavy (non-hydrogen) atoms. The molecule has 0 saturated heterocycles. The van der Waals surface area contributed by atoms with Crippen molar-refractivity contribution in [3.05, 3.63) is 28.8 Å². The van der Waals surface area contributed by atoms with E-state index in [2.05, 4.69) is 6.07 Å². The van der Waals surface area contributed by atoms with Crippen molar-refractivity contribution in [2.24, 2.45) is 5.73 Å². The van der Waals surface area contributed by atoms with Gasteiger partial charge in [0.1, 0.15) is 5.75 Å². The molecule has 0 saturated carbocycles. The molecule has 3 heteroatoms. The molecule has 1 aromatic carbocycles. The Morgan fingerprint density at radius 3 is 2.82 bits per heavy atom. The fourth-order valence-electron chi connectivity index (χ4n) is 2.70. The van der Waals surface area contributed by atoms with Gasteiger partial charge in [-0.15, -0.1) is 0 Å². The van der Waals surface area contributed by atoms with E-state index in [0.717, 1.165) is 24.2 Å². The van der Waals surface area contributed by atoms with Crippen LogP contribution >= 0.6 is 0 Å². The molecule has 0 amide bonds. The van der Waals surface area contributed by atoms with E-state index in [9.17, 15) is 0 Å². The Bertz CT molecular complexity index is 390. The number of hydrogen-bond donors (Lipinski definition) is 2. The van der Waals surface area contributed by atoms with Crippen LogP contribution in [0.15, 0.2) is 12.1 Å². The summed E-state index contributed by atoms with van der Waals surface area (Å²) in [6.07, 6.45) is 5.29. The largest absolute Gasteiger partial charge is 0.496 e. The van der Waals surface area contributed by atoms with E-state index in [1.165, 1.54) is 24.0 Å². The average molecular weight is 235 g/mol. The van der Waals surface area contributed by atoms with Gasteiger partial charge in [0.15, 0.2) is 0 Å². The molecular weight excluding hydrogens is 214 g/mol. The van der Waals surface area contributed by atoms with Gasteiger partial charge in [-0.3, -0.25) is 0 Å². The second-order valence-corrected chi connectivity index (χ2v) is 4.65. The second kappa shape index (κ2) is 5.52. The molecule has 3 N–H and O–H groups in total. The molecule has 2 rings (SSSR count). The Balaban J connectivity index is 2.44. The summed E-state index contributed by atoms with van der Waals surface area (Å²) >= 11 is 0. The number of aliphatic hydroxyl groups is 1. The fraction of sp³-hybridized carbons (Fsp3) is 0.571. The maximum Gasteiger partial charge on any atom is 0.123 e. The predicted octanol–water partition coefficient (Wildman–Crippen LogP) is 1.96. The topological polar surface area (TPSA) is 55.5 Å². The van der Waals surface area contributed by atoms with Crippen molar-refractivity contribution in [1.29, 1.82) is 0 Å². The zero-order chi connectivity index (χ0) is 12.3. The van der Waals surface area contributed by atoms with Crippen LogP contribution < -0.4 is 10.5 Å². The first-order valence-corrected chi connectivity index (χ1v) is 6.33. The van der Waals surface area contributed by atoms with E-state index >= 15 is 0 Å². The smallest absolute Gasteiger partial charge is 0.123 e. The highest BCUT2D eigenvalue weighted by Crippen LogP contribution is 2.35. The molecule has 1 aliphatic carbocycles. The van der Waals surface area contributed by atoms with Crippen molar-refractivity contribution in [2.75, 3.05) is 13.7 Å². The molecule has 0 heterocycles. The van der Waals surface area contributed by atoms with Gasteiger partial charge < -0.3 is 15.6 Å². The molecule has 1 atom stereocenters. The van der Waals surface area contributed by atoms with Crippen molar-refractivity contribution < 1.29 is 9.84 Å². The lowest BCUT2D eigenvalue weighted by Gasteiger charge is -2.24. The summed E-state index contributed by atoms with van der Waals surface area (Å²) in [4.78, 5) is 0. The van der Waals surface area contributed by atoms with Crippen molar-refractivity contribution in [3.63, 3.8) is 0 Å². The van der Waals surface area contributed by atoms with Crippen LogP contribution in [0.5, 0.6) is 5.75 Å². The van der Waals surface area contributed by atoms with Crippen molar-refractivity contribution >= 4 is 0 Å². The summed E-state index contributed by atoms with van der Waals surface area (Å²) in [5, 5.41) is 9.04. The van der Waals surface area contributed by atoms with Gasteiger partial charge >= 0.3 is 0 Å². The van der Waals surface area contributed by atoms with E-state index in [0.29, 0.717) is 6.42 Å². The quantitative estimate of drug-likeness (QED) is 0.838. The highest BCUT2D eigenvalue weighted by molar-refractivity contribution is 5.48. The number of aliphatic hydroxyl groups excluding tert-OH is 1. The maximum atomic E-state index is 9.04. The summed E-state index contributed by atoms with van der Waals surface area (Å²) < 4.78 is 5.42. The number of benzene rings is 1. The van der Waals surface area contributed by atoms with Crippen LogP contribution in [-0.2, 0) is 12.8 Å². The van der Waals surface area contributed by atoms with Crippen LogP contribution in [0.1, 0.15) is 42.0 Å². The van der Waals surface area contributed by atoms with Gasteiger partial charge in [0.2, 0.25) is 0 Å². The highest BCUT2D eigenvalue weighted by atomic mass is 16.5. The van der Waals surface area contributed by atoms with Gasteiger partial charge in [-0.2, -0.15) is 0 Å². The lowest BCUT2D eigenvalue weighted by Crippen LogP contribution is -2.18. The standard InChI is InChI=1S/C14H21NO2/c1-17-13-7-6-10-4-2-3-5-11(10)14(13)12(15)8-9-16/h6-7,12,16H,2-5,8-9,15H2,1H3. The lowest BCUT2D eigenvalue weighted by atomic mass is 9.85. The molecule has 94 valence electrons. The van der Waals surface area contributed by atoms with E-state index in [4.69, 9.17) is 15.6 Å². The van der Waals surface area contributed by atoms with Crippen LogP contribution in [-0.4, -0.2) is 18.8 Å². The first-order valence-electron chi connectivity index (χ1n) is 6.33. The number of methoxy groups -OCH3 is 1. The normalized spacial score (nSPS) is 16.4. The van der Waals surface area contributed by atoms with Crippen molar-refractivity contribution in [2.45, 2.75) is 38.1 Å². The number of aryl methyl sites for hydroxylation is 1. The van der Waals surface area contributed by atoms with E-state index < -0.39 is 0 Å². The summed E-state index contributed by atoms with van der Waals surface area (Å²) in [6, 6.07) is 4.04. The van der Waals surface area contributed by atoms with Crippen molar-refractivity contribution in [3.8, 4) is 5.75 Å². The van der Waals surface area contributed by atoms with Crippen LogP contribution in [0, 0.1) is 0 Å². The molecule has 0 bridgehead atoms. The Kier molecular flexibility index (Phi) is 4.02. The van der Waals surface area contributed by atoms with Crippen LogP contribution in [0.25, 0.3) is 0 Å². The molecule has 0 radical (unpaired) electrons. The summed E-state index contributed by atoms with van der Waals surface area (Å²) in [5.41, 5.74) is 10.0. The molecule has 0 aromatic heterocycles. The van der Waals surface area contributed by atoms with Crippen LogP contribution in [0.2, 0.25) is 0 Å². The monoisotopic (exact) mass is 235 g/mol. The first kappa shape index (κ1) is 12.4.